The van der Waals surface area contributed by atoms with Crippen molar-refractivity contribution >= 4 is 5.97 Å². The van der Waals surface area contributed by atoms with Gasteiger partial charge in [0.1, 0.15) is 0 Å². The second kappa shape index (κ2) is 5.33. The lowest BCUT2D eigenvalue weighted by molar-refractivity contribution is -0.147. The maximum absolute atomic E-state index is 12.0. The average Bonchev–Trinajstić information content (AvgIpc) is 3.16. The number of rotatable bonds is 4. The Balaban J connectivity index is 1.79. The van der Waals surface area contributed by atoms with Crippen LogP contribution in [0, 0.1) is 5.92 Å². The zero-order valence-electron chi connectivity index (χ0n) is 11.4. The van der Waals surface area contributed by atoms with Crippen molar-refractivity contribution in [1.29, 1.82) is 0 Å². The van der Waals surface area contributed by atoms with Crippen LogP contribution in [0.3, 0.4) is 0 Å². The summed E-state index contributed by atoms with van der Waals surface area (Å²) in [5.74, 6) is 0.928. The van der Waals surface area contributed by atoms with Crippen molar-refractivity contribution in [2.75, 3.05) is 19.7 Å². The van der Waals surface area contributed by atoms with Crippen LogP contribution < -0.4 is 5.32 Å². The molecule has 1 heterocycles. The van der Waals surface area contributed by atoms with Gasteiger partial charge in [0.05, 0.1) is 12.5 Å². The fourth-order valence-corrected chi connectivity index (χ4v) is 2.99. The van der Waals surface area contributed by atoms with Gasteiger partial charge in [0.25, 0.3) is 0 Å². The second-order valence-electron chi connectivity index (χ2n) is 5.57. The summed E-state index contributed by atoms with van der Waals surface area (Å²) in [6.07, 6.45) is 2.63. The first-order valence-corrected chi connectivity index (χ1v) is 7.26. The highest BCUT2D eigenvalue weighted by molar-refractivity contribution is 5.74. The predicted octanol–water partition coefficient (Wildman–Crippen LogP) is 2.43. The quantitative estimate of drug-likeness (QED) is 0.844. The highest BCUT2D eigenvalue weighted by Gasteiger charge is 2.35. The Labute approximate surface area is 114 Å². The van der Waals surface area contributed by atoms with Gasteiger partial charge in [-0.3, -0.25) is 4.79 Å². The Morgan fingerprint density at radius 3 is 2.84 bits per heavy atom. The molecule has 1 aromatic carbocycles. The fraction of sp³-hybridized carbons (Fsp3) is 0.562. The number of benzene rings is 1. The molecule has 102 valence electrons. The monoisotopic (exact) mass is 259 g/mol. The molecule has 3 heteroatoms. The van der Waals surface area contributed by atoms with Crippen LogP contribution in [0.5, 0.6) is 0 Å². The largest absolute Gasteiger partial charge is 0.466 e. The smallest absolute Gasteiger partial charge is 0.310 e. The molecule has 0 aromatic heterocycles. The topological polar surface area (TPSA) is 38.3 Å². The molecule has 3 rings (SSSR count). The van der Waals surface area contributed by atoms with Crippen LogP contribution in [0.4, 0.5) is 0 Å². The minimum Gasteiger partial charge on any atom is -0.466 e. The highest BCUT2D eigenvalue weighted by Crippen LogP contribution is 2.41. The van der Waals surface area contributed by atoms with Gasteiger partial charge in [0.2, 0.25) is 0 Å². The zero-order chi connectivity index (χ0) is 13.2. The van der Waals surface area contributed by atoms with E-state index < -0.39 is 0 Å². The Hall–Kier alpha value is -1.35. The van der Waals surface area contributed by atoms with E-state index in [4.69, 9.17) is 4.74 Å². The third-order valence-corrected chi connectivity index (χ3v) is 4.19. The van der Waals surface area contributed by atoms with Gasteiger partial charge in [-0.25, -0.2) is 0 Å². The van der Waals surface area contributed by atoms with Crippen molar-refractivity contribution in [3.8, 4) is 0 Å². The molecule has 1 saturated heterocycles. The molecule has 3 nitrogen and oxygen atoms in total. The van der Waals surface area contributed by atoms with Crippen molar-refractivity contribution in [1.82, 2.24) is 5.32 Å². The van der Waals surface area contributed by atoms with Gasteiger partial charge >= 0.3 is 5.97 Å². The van der Waals surface area contributed by atoms with Gasteiger partial charge in [-0.2, -0.15) is 0 Å². The lowest BCUT2D eigenvalue weighted by Gasteiger charge is -2.18. The number of hydrogen-bond donors (Lipinski definition) is 1. The average molecular weight is 259 g/mol. The first-order valence-electron chi connectivity index (χ1n) is 7.26. The molecule has 2 atom stereocenters. The van der Waals surface area contributed by atoms with Crippen LogP contribution in [0.2, 0.25) is 0 Å². The number of ether oxygens (including phenoxy) is 1. The summed E-state index contributed by atoms with van der Waals surface area (Å²) in [4.78, 5) is 12.0. The molecule has 1 aliphatic heterocycles. The van der Waals surface area contributed by atoms with Crippen molar-refractivity contribution < 1.29 is 9.53 Å². The number of hydrogen-bond acceptors (Lipinski definition) is 3. The van der Waals surface area contributed by atoms with E-state index in [1.807, 2.05) is 6.92 Å². The lowest BCUT2D eigenvalue weighted by atomic mass is 9.87. The molecule has 2 fully saturated rings. The molecule has 19 heavy (non-hydrogen) atoms. The number of carbonyl (C=O) groups is 1. The van der Waals surface area contributed by atoms with E-state index in [2.05, 4.69) is 29.6 Å². The molecule has 1 N–H and O–H groups in total. The summed E-state index contributed by atoms with van der Waals surface area (Å²) in [7, 11) is 0. The minimum absolute atomic E-state index is 0.0330. The van der Waals surface area contributed by atoms with Crippen LogP contribution >= 0.6 is 0 Å². The van der Waals surface area contributed by atoms with Gasteiger partial charge in [-0.15, -0.1) is 0 Å². The summed E-state index contributed by atoms with van der Waals surface area (Å²) >= 11 is 0. The van der Waals surface area contributed by atoms with E-state index >= 15 is 0 Å². The van der Waals surface area contributed by atoms with E-state index in [9.17, 15) is 4.79 Å². The van der Waals surface area contributed by atoms with Crippen molar-refractivity contribution in [3.05, 3.63) is 35.4 Å². The molecule has 0 radical (unpaired) electrons. The van der Waals surface area contributed by atoms with Crippen LogP contribution in [-0.4, -0.2) is 25.7 Å². The predicted molar refractivity (Wildman–Crippen MR) is 74.2 cm³/mol. The van der Waals surface area contributed by atoms with E-state index in [-0.39, 0.29) is 17.8 Å². The van der Waals surface area contributed by atoms with Crippen molar-refractivity contribution in [3.63, 3.8) is 0 Å². The molecular weight excluding hydrogens is 238 g/mol. The van der Waals surface area contributed by atoms with E-state index in [0.717, 1.165) is 19.0 Å². The summed E-state index contributed by atoms with van der Waals surface area (Å²) < 4.78 is 5.19. The van der Waals surface area contributed by atoms with E-state index in [0.29, 0.717) is 6.61 Å². The lowest BCUT2D eigenvalue weighted by Crippen LogP contribution is -2.24. The molecule has 2 unspecified atom stereocenters. The summed E-state index contributed by atoms with van der Waals surface area (Å²) in [5.41, 5.74) is 2.72. The third-order valence-electron chi connectivity index (χ3n) is 4.19. The van der Waals surface area contributed by atoms with Gasteiger partial charge in [0.15, 0.2) is 0 Å². The third kappa shape index (κ3) is 2.66. The Bertz CT molecular complexity index is 468. The minimum atomic E-state index is -0.0608. The Kier molecular flexibility index (Phi) is 3.56. The number of esters is 1. The Morgan fingerprint density at radius 2 is 2.11 bits per heavy atom. The normalized spacial score (nSPS) is 26.4. The maximum Gasteiger partial charge on any atom is 0.310 e. The Morgan fingerprint density at radius 1 is 1.32 bits per heavy atom. The van der Waals surface area contributed by atoms with Gasteiger partial charge in [0, 0.05) is 19.0 Å². The molecule has 1 aliphatic carbocycles. The van der Waals surface area contributed by atoms with Gasteiger partial charge in [-0.1, -0.05) is 24.3 Å². The molecule has 1 aromatic rings. The summed E-state index contributed by atoms with van der Waals surface area (Å²) in [5, 5.41) is 3.32. The molecular formula is C16H21NO2. The van der Waals surface area contributed by atoms with Crippen molar-refractivity contribution in [2.45, 2.75) is 31.6 Å². The van der Waals surface area contributed by atoms with E-state index in [1.165, 1.54) is 24.0 Å². The standard InChI is InChI=1S/C16H21NO2/c1-2-19-16(18)15-10-17-9-14(15)13-5-3-4-12(8-13)11-6-7-11/h3-5,8,11,14-15,17H,2,6-7,9-10H2,1H3. The number of nitrogens with one attached hydrogen (secondary N) is 1. The van der Waals surface area contributed by atoms with Crippen LogP contribution in [0.1, 0.15) is 42.7 Å². The summed E-state index contributed by atoms with van der Waals surface area (Å²) in [6.45, 7) is 3.93. The molecule has 2 aliphatic rings. The number of carbonyl (C=O) groups excluding carboxylic acids is 1. The van der Waals surface area contributed by atoms with Crippen LogP contribution in [0.25, 0.3) is 0 Å². The van der Waals surface area contributed by atoms with Gasteiger partial charge in [-0.05, 0) is 36.8 Å². The highest BCUT2D eigenvalue weighted by atomic mass is 16.5. The van der Waals surface area contributed by atoms with Crippen LogP contribution in [0.15, 0.2) is 24.3 Å². The molecule has 0 amide bonds. The zero-order valence-corrected chi connectivity index (χ0v) is 11.4. The molecule has 0 bridgehead atoms. The van der Waals surface area contributed by atoms with Crippen LogP contribution in [-0.2, 0) is 9.53 Å². The molecule has 1 saturated carbocycles. The SMILES string of the molecule is CCOC(=O)C1CNCC1c1cccc(C2CC2)c1. The first-order chi connectivity index (χ1) is 9.29. The molecule has 0 spiro atoms. The van der Waals surface area contributed by atoms with Gasteiger partial charge < -0.3 is 10.1 Å². The van der Waals surface area contributed by atoms with Crippen molar-refractivity contribution in [2.24, 2.45) is 5.92 Å². The summed E-state index contributed by atoms with van der Waals surface area (Å²) in [6, 6.07) is 8.78. The fourth-order valence-electron chi connectivity index (χ4n) is 2.99. The second-order valence-corrected chi connectivity index (χ2v) is 5.57. The maximum atomic E-state index is 12.0. The van der Waals surface area contributed by atoms with E-state index in [1.54, 1.807) is 0 Å². The first kappa shape index (κ1) is 12.7.